The van der Waals surface area contributed by atoms with Crippen molar-refractivity contribution in [3.8, 4) is 0 Å². The number of rotatable bonds is 6. The quantitative estimate of drug-likeness (QED) is 0.824. The molecule has 0 aliphatic heterocycles. The molecule has 3 heteroatoms. The number of hydrogen-bond donors (Lipinski definition) is 1. The first-order valence-electron chi connectivity index (χ1n) is 6.33. The maximum absolute atomic E-state index is 4.15. The predicted molar refractivity (Wildman–Crippen MR) is 69.7 cm³/mol. The summed E-state index contributed by atoms with van der Waals surface area (Å²) in [6.45, 7) is 6.90. The third-order valence-electron chi connectivity index (χ3n) is 3.48. The molecular weight excluding hydrogens is 216 g/mol. The number of nitrogens with one attached hydrogen (secondary N) is 1. The lowest BCUT2D eigenvalue weighted by Gasteiger charge is -2.37. The van der Waals surface area contributed by atoms with E-state index in [-0.39, 0.29) is 0 Å². The number of aromatic nitrogens is 1. The predicted octanol–water partition coefficient (Wildman–Crippen LogP) is 2.96. The highest BCUT2D eigenvalue weighted by molar-refractivity contribution is 7.09. The fourth-order valence-electron chi connectivity index (χ4n) is 2.33. The van der Waals surface area contributed by atoms with E-state index in [1.807, 2.05) is 11.7 Å². The molecule has 1 aliphatic rings. The Labute approximate surface area is 102 Å². The SMILES string of the molecule is CC(C)CNCC1CCC1Cc1cncs1. The van der Waals surface area contributed by atoms with Crippen LogP contribution in [0.25, 0.3) is 0 Å². The van der Waals surface area contributed by atoms with Gasteiger partial charge in [0.2, 0.25) is 0 Å². The zero-order valence-corrected chi connectivity index (χ0v) is 11.1. The van der Waals surface area contributed by atoms with Crippen molar-refractivity contribution in [1.29, 1.82) is 0 Å². The van der Waals surface area contributed by atoms with E-state index in [1.54, 1.807) is 11.3 Å². The number of thiazole rings is 1. The van der Waals surface area contributed by atoms with Gasteiger partial charge in [0, 0.05) is 11.1 Å². The summed E-state index contributed by atoms with van der Waals surface area (Å²) in [6.07, 6.45) is 6.10. The summed E-state index contributed by atoms with van der Waals surface area (Å²) in [7, 11) is 0. The molecule has 1 N–H and O–H groups in total. The van der Waals surface area contributed by atoms with Gasteiger partial charge in [0.05, 0.1) is 5.51 Å². The summed E-state index contributed by atoms with van der Waals surface area (Å²) < 4.78 is 0. The summed E-state index contributed by atoms with van der Waals surface area (Å²) in [5, 5.41) is 3.58. The van der Waals surface area contributed by atoms with Gasteiger partial charge in [-0.25, -0.2) is 0 Å². The second-order valence-electron chi connectivity index (χ2n) is 5.32. The third-order valence-corrected chi connectivity index (χ3v) is 4.28. The second-order valence-corrected chi connectivity index (χ2v) is 6.29. The normalized spacial score (nSPS) is 24.7. The molecule has 16 heavy (non-hydrogen) atoms. The lowest BCUT2D eigenvalue weighted by atomic mass is 9.71. The van der Waals surface area contributed by atoms with Gasteiger partial charge in [0.15, 0.2) is 0 Å². The van der Waals surface area contributed by atoms with Gasteiger partial charge in [-0.05, 0) is 50.1 Å². The largest absolute Gasteiger partial charge is 0.316 e. The van der Waals surface area contributed by atoms with Crippen molar-refractivity contribution in [2.45, 2.75) is 33.1 Å². The van der Waals surface area contributed by atoms with Crippen molar-refractivity contribution in [2.24, 2.45) is 17.8 Å². The van der Waals surface area contributed by atoms with Gasteiger partial charge in [-0.3, -0.25) is 4.98 Å². The Kier molecular flexibility index (Phi) is 4.36. The van der Waals surface area contributed by atoms with E-state index in [1.165, 1.54) is 30.7 Å². The van der Waals surface area contributed by atoms with Crippen LogP contribution in [0.3, 0.4) is 0 Å². The van der Waals surface area contributed by atoms with Crippen molar-refractivity contribution in [2.75, 3.05) is 13.1 Å². The minimum absolute atomic E-state index is 0.764. The summed E-state index contributed by atoms with van der Waals surface area (Å²) in [5.74, 6) is 2.57. The molecule has 1 aromatic heterocycles. The summed E-state index contributed by atoms with van der Waals surface area (Å²) in [6, 6.07) is 0. The van der Waals surface area contributed by atoms with Crippen LogP contribution in [0, 0.1) is 17.8 Å². The molecule has 90 valence electrons. The maximum atomic E-state index is 4.15. The molecule has 0 amide bonds. The van der Waals surface area contributed by atoms with Gasteiger partial charge in [0.1, 0.15) is 0 Å². The van der Waals surface area contributed by atoms with Gasteiger partial charge in [0.25, 0.3) is 0 Å². The van der Waals surface area contributed by atoms with Crippen molar-refractivity contribution in [3.63, 3.8) is 0 Å². The van der Waals surface area contributed by atoms with Crippen LogP contribution < -0.4 is 5.32 Å². The summed E-state index contributed by atoms with van der Waals surface area (Å²) in [5.41, 5.74) is 1.94. The van der Waals surface area contributed by atoms with Crippen molar-refractivity contribution < 1.29 is 0 Å². The Hall–Kier alpha value is -0.410. The zero-order chi connectivity index (χ0) is 11.4. The molecule has 2 nitrogen and oxygen atoms in total. The molecule has 2 atom stereocenters. The van der Waals surface area contributed by atoms with E-state index in [0.717, 1.165) is 24.3 Å². The lowest BCUT2D eigenvalue weighted by molar-refractivity contribution is 0.170. The topological polar surface area (TPSA) is 24.9 Å². The van der Waals surface area contributed by atoms with E-state index in [0.29, 0.717) is 0 Å². The van der Waals surface area contributed by atoms with Crippen LogP contribution in [-0.4, -0.2) is 18.1 Å². The Morgan fingerprint density at radius 3 is 2.81 bits per heavy atom. The van der Waals surface area contributed by atoms with Gasteiger partial charge < -0.3 is 5.32 Å². The monoisotopic (exact) mass is 238 g/mol. The van der Waals surface area contributed by atoms with Crippen molar-refractivity contribution in [1.82, 2.24) is 10.3 Å². The third kappa shape index (κ3) is 3.29. The standard InChI is InChI=1S/C13H22N2S/c1-10(2)6-14-7-12-4-3-11(12)5-13-8-15-9-16-13/h8-12,14H,3-7H2,1-2H3. The number of hydrogen-bond acceptors (Lipinski definition) is 3. The van der Waals surface area contributed by atoms with Gasteiger partial charge >= 0.3 is 0 Å². The smallest absolute Gasteiger partial charge is 0.0794 e. The van der Waals surface area contributed by atoms with Crippen LogP contribution in [0.5, 0.6) is 0 Å². The molecule has 0 radical (unpaired) electrons. The summed E-state index contributed by atoms with van der Waals surface area (Å²) >= 11 is 1.80. The molecule has 2 rings (SSSR count). The van der Waals surface area contributed by atoms with Crippen LogP contribution in [-0.2, 0) is 6.42 Å². The highest BCUT2D eigenvalue weighted by atomic mass is 32.1. The van der Waals surface area contributed by atoms with Gasteiger partial charge in [-0.2, -0.15) is 0 Å². The van der Waals surface area contributed by atoms with E-state index in [4.69, 9.17) is 0 Å². The Morgan fingerprint density at radius 2 is 2.25 bits per heavy atom. The summed E-state index contributed by atoms with van der Waals surface area (Å²) in [4.78, 5) is 5.60. The van der Waals surface area contributed by atoms with Crippen molar-refractivity contribution >= 4 is 11.3 Å². The van der Waals surface area contributed by atoms with E-state index < -0.39 is 0 Å². The fraction of sp³-hybridized carbons (Fsp3) is 0.769. The first-order chi connectivity index (χ1) is 7.75. The molecule has 1 fully saturated rings. The van der Waals surface area contributed by atoms with Crippen LogP contribution in [0.4, 0.5) is 0 Å². The van der Waals surface area contributed by atoms with E-state index in [2.05, 4.69) is 24.1 Å². The molecule has 0 aromatic carbocycles. The van der Waals surface area contributed by atoms with Crippen LogP contribution in [0.15, 0.2) is 11.7 Å². The molecule has 1 heterocycles. The van der Waals surface area contributed by atoms with Gasteiger partial charge in [-0.15, -0.1) is 11.3 Å². The molecule has 1 saturated carbocycles. The first-order valence-corrected chi connectivity index (χ1v) is 7.21. The Bertz CT molecular complexity index is 295. The highest BCUT2D eigenvalue weighted by Crippen LogP contribution is 2.36. The molecule has 1 aromatic rings. The molecule has 0 saturated heterocycles. The minimum atomic E-state index is 0.764. The second kappa shape index (κ2) is 5.78. The molecule has 2 unspecified atom stereocenters. The Balaban J connectivity index is 1.68. The number of nitrogens with zero attached hydrogens (tertiary/aromatic N) is 1. The van der Waals surface area contributed by atoms with Gasteiger partial charge in [-0.1, -0.05) is 13.8 Å². The minimum Gasteiger partial charge on any atom is -0.316 e. The molecular formula is C13H22N2S. The Morgan fingerprint density at radius 1 is 1.44 bits per heavy atom. The van der Waals surface area contributed by atoms with Crippen molar-refractivity contribution in [3.05, 3.63) is 16.6 Å². The average Bonchev–Trinajstić information content (AvgIpc) is 2.71. The highest BCUT2D eigenvalue weighted by Gasteiger charge is 2.30. The molecule has 0 spiro atoms. The maximum Gasteiger partial charge on any atom is 0.0794 e. The van der Waals surface area contributed by atoms with Crippen LogP contribution in [0.1, 0.15) is 31.6 Å². The fourth-order valence-corrected chi connectivity index (χ4v) is 3.02. The lowest BCUT2D eigenvalue weighted by Crippen LogP contribution is -2.37. The average molecular weight is 238 g/mol. The van der Waals surface area contributed by atoms with Crippen LogP contribution in [0.2, 0.25) is 0 Å². The van der Waals surface area contributed by atoms with E-state index in [9.17, 15) is 0 Å². The first kappa shape index (κ1) is 12.1. The zero-order valence-electron chi connectivity index (χ0n) is 10.3. The van der Waals surface area contributed by atoms with E-state index >= 15 is 0 Å². The molecule has 0 bridgehead atoms. The van der Waals surface area contributed by atoms with Crippen LogP contribution >= 0.6 is 11.3 Å². The molecule has 1 aliphatic carbocycles.